The Bertz CT molecular complexity index is 632. The summed E-state index contributed by atoms with van der Waals surface area (Å²) in [6.45, 7) is -0.688. The van der Waals surface area contributed by atoms with Crippen LogP contribution in [0.15, 0.2) is 12.1 Å². The van der Waals surface area contributed by atoms with E-state index >= 15 is 0 Å². The summed E-state index contributed by atoms with van der Waals surface area (Å²) in [5, 5.41) is 27.6. The van der Waals surface area contributed by atoms with Crippen molar-refractivity contribution in [3.63, 3.8) is 0 Å². The summed E-state index contributed by atoms with van der Waals surface area (Å²) >= 11 is 11.6. The molecule has 0 heterocycles. The number of nitro benzene ring substituents is 1. The third kappa shape index (κ3) is 3.35. The quantitative estimate of drug-likeness (QED) is 0.481. The predicted molar refractivity (Wildman–Crippen MR) is 70.2 cm³/mol. The molecule has 1 amide bonds. The molecule has 0 unspecified atom stereocenters. The number of nitro groups is 1. The van der Waals surface area contributed by atoms with Gasteiger partial charge in [0.15, 0.2) is 0 Å². The highest BCUT2D eigenvalue weighted by atomic mass is 35.5. The molecule has 0 spiro atoms. The first kappa shape index (κ1) is 15.7. The van der Waals surface area contributed by atoms with Crippen LogP contribution in [0.25, 0.3) is 0 Å². The maximum Gasteiger partial charge on any atom is 0.271 e. The minimum atomic E-state index is -0.774. The van der Waals surface area contributed by atoms with Gasteiger partial charge in [-0.25, -0.2) is 0 Å². The van der Waals surface area contributed by atoms with Crippen LogP contribution in [0.4, 0.5) is 5.69 Å². The molecule has 0 aromatic heterocycles. The Labute approximate surface area is 123 Å². The van der Waals surface area contributed by atoms with Gasteiger partial charge in [-0.2, -0.15) is 10.5 Å². The van der Waals surface area contributed by atoms with Crippen molar-refractivity contribution < 1.29 is 9.72 Å². The van der Waals surface area contributed by atoms with Crippen molar-refractivity contribution in [2.75, 3.05) is 13.1 Å². The van der Waals surface area contributed by atoms with Crippen molar-refractivity contribution in [3.8, 4) is 12.1 Å². The van der Waals surface area contributed by atoms with E-state index in [4.69, 9.17) is 33.7 Å². The molecule has 1 aromatic rings. The summed E-state index contributed by atoms with van der Waals surface area (Å²) in [4.78, 5) is 23.0. The Morgan fingerprint density at radius 3 is 2.30 bits per heavy atom. The summed E-state index contributed by atoms with van der Waals surface area (Å²) in [7, 11) is 0. The number of nitriles is 2. The molecule has 20 heavy (non-hydrogen) atoms. The average molecular weight is 313 g/mol. The number of hydrogen-bond acceptors (Lipinski definition) is 5. The van der Waals surface area contributed by atoms with E-state index in [0.717, 1.165) is 17.0 Å². The number of benzene rings is 1. The lowest BCUT2D eigenvalue weighted by atomic mass is 10.1. The number of halogens is 2. The molecule has 0 N–H and O–H groups in total. The van der Waals surface area contributed by atoms with Crippen LogP contribution in [0.5, 0.6) is 0 Å². The molecule has 0 aliphatic heterocycles. The van der Waals surface area contributed by atoms with Gasteiger partial charge in [-0.15, -0.1) is 0 Å². The van der Waals surface area contributed by atoms with Crippen LogP contribution in [-0.4, -0.2) is 28.8 Å². The topological polar surface area (TPSA) is 111 Å². The van der Waals surface area contributed by atoms with E-state index in [1.54, 1.807) is 12.1 Å². The molecular formula is C11H6Cl2N4O3. The summed E-state index contributed by atoms with van der Waals surface area (Å²) < 4.78 is 0. The van der Waals surface area contributed by atoms with E-state index in [2.05, 4.69) is 0 Å². The number of hydrogen-bond donors (Lipinski definition) is 0. The zero-order valence-electron chi connectivity index (χ0n) is 9.84. The molecule has 102 valence electrons. The molecule has 0 atom stereocenters. The number of nitrogens with zero attached hydrogens (tertiary/aromatic N) is 4. The van der Waals surface area contributed by atoms with Crippen molar-refractivity contribution in [1.29, 1.82) is 10.5 Å². The second-order valence-corrected chi connectivity index (χ2v) is 4.31. The molecule has 0 aliphatic rings. The fourth-order valence-electron chi connectivity index (χ4n) is 1.38. The molecule has 7 nitrogen and oxygen atoms in total. The first-order chi connectivity index (χ1) is 9.42. The van der Waals surface area contributed by atoms with Crippen molar-refractivity contribution in [2.45, 2.75) is 0 Å². The number of non-ortho nitro benzene ring substituents is 1. The fraction of sp³-hybridized carbons (Fsp3) is 0.182. The SMILES string of the molecule is N#CCN(CC#N)C(=O)c1cc([N+](=O)[O-])cc(Cl)c1Cl. The van der Waals surface area contributed by atoms with Crippen LogP contribution in [0.3, 0.4) is 0 Å². The lowest BCUT2D eigenvalue weighted by molar-refractivity contribution is -0.384. The Hall–Kier alpha value is -2.35. The third-order valence-electron chi connectivity index (χ3n) is 2.26. The van der Waals surface area contributed by atoms with E-state index in [-0.39, 0.29) is 28.7 Å². The molecule has 1 aromatic carbocycles. The van der Waals surface area contributed by atoms with Gasteiger partial charge >= 0.3 is 0 Å². The lowest BCUT2D eigenvalue weighted by Gasteiger charge is -2.16. The minimum Gasteiger partial charge on any atom is -0.312 e. The zero-order valence-corrected chi connectivity index (χ0v) is 11.4. The molecule has 0 saturated heterocycles. The Kier molecular flexibility index (Phi) is 5.27. The monoisotopic (exact) mass is 312 g/mol. The largest absolute Gasteiger partial charge is 0.312 e. The van der Waals surface area contributed by atoms with Crippen LogP contribution in [0.1, 0.15) is 10.4 Å². The predicted octanol–water partition coefficient (Wildman–Crippen LogP) is 2.39. The van der Waals surface area contributed by atoms with E-state index in [1.165, 1.54) is 0 Å². The van der Waals surface area contributed by atoms with Gasteiger partial charge in [0, 0.05) is 12.1 Å². The van der Waals surface area contributed by atoms with Gasteiger partial charge in [0.05, 0.1) is 32.7 Å². The third-order valence-corrected chi connectivity index (χ3v) is 3.07. The fourth-order valence-corrected chi connectivity index (χ4v) is 1.78. The smallest absolute Gasteiger partial charge is 0.271 e. The number of amides is 1. The molecule has 0 saturated carbocycles. The molecule has 0 aliphatic carbocycles. The van der Waals surface area contributed by atoms with Crippen LogP contribution in [0, 0.1) is 32.8 Å². The highest BCUT2D eigenvalue weighted by Gasteiger charge is 2.23. The minimum absolute atomic E-state index is 0.155. The van der Waals surface area contributed by atoms with Crippen molar-refractivity contribution in [1.82, 2.24) is 4.90 Å². The average Bonchev–Trinajstić information content (AvgIpc) is 2.40. The maximum absolute atomic E-state index is 12.1. The van der Waals surface area contributed by atoms with Crippen LogP contribution in [-0.2, 0) is 0 Å². The molecule has 0 fully saturated rings. The molecule has 0 radical (unpaired) electrons. The van der Waals surface area contributed by atoms with Crippen LogP contribution < -0.4 is 0 Å². The standard InChI is InChI=1S/C11H6Cl2N4O3/c12-9-6-7(17(19)20)5-8(10(9)13)11(18)16(3-1-14)4-2-15/h5-6H,3-4H2. The van der Waals surface area contributed by atoms with Gasteiger partial charge in [0.25, 0.3) is 11.6 Å². The molecular weight excluding hydrogens is 307 g/mol. The van der Waals surface area contributed by atoms with E-state index < -0.39 is 16.5 Å². The number of carbonyl (C=O) groups is 1. The maximum atomic E-state index is 12.1. The van der Waals surface area contributed by atoms with Crippen LogP contribution >= 0.6 is 23.2 Å². The van der Waals surface area contributed by atoms with E-state index in [9.17, 15) is 14.9 Å². The van der Waals surface area contributed by atoms with E-state index in [0.29, 0.717) is 0 Å². The van der Waals surface area contributed by atoms with Crippen molar-refractivity contribution in [3.05, 3.63) is 37.9 Å². The molecule has 9 heteroatoms. The Morgan fingerprint density at radius 2 is 1.85 bits per heavy atom. The summed E-state index contributed by atoms with van der Waals surface area (Å²) in [5.74, 6) is -0.774. The van der Waals surface area contributed by atoms with Crippen LogP contribution in [0.2, 0.25) is 10.0 Å². The first-order valence-electron chi connectivity index (χ1n) is 5.09. The van der Waals surface area contributed by atoms with Gasteiger partial charge in [-0.05, 0) is 0 Å². The van der Waals surface area contributed by atoms with Gasteiger partial charge in [0.1, 0.15) is 13.1 Å². The summed E-state index contributed by atoms with van der Waals surface area (Å²) in [6.07, 6.45) is 0. The van der Waals surface area contributed by atoms with Gasteiger partial charge in [0.2, 0.25) is 0 Å². The van der Waals surface area contributed by atoms with Gasteiger partial charge in [-0.3, -0.25) is 14.9 Å². The zero-order chi connectivity index (χ0) is 15.3. The lowest BCUT2D eigenvalue weighted by Crippen LogP contribution is -2.32. The molecule has 0 bridgehead atoms. The Morgan fingerprint density at radius 1 is 1.30 bits per heavy atom. The van der Waals surface area contributed by atoms with Gasteiger partial charge < -0.3 is 4.90 Å². The molecule has 1 rings (SSSR count). The van der Waals surface area contributed by atoms with E-state index in [1.807, 2.05) is 0 Å². The number of carbonyl (C=O) groups excluding carboxylic acids is 1. The van der Waals surface area contributed by atoms with Crippen molar-refractivity contribution in [2.24, 2.45) is 0 Å². The second kappa shape index (κ2) is 6.71. The first-order valence-corrected chi connectivity index (χ1v) is 5.84. The number of rotatable bonds is 4. The highest BCUT2D eigenvalue weighted by Crippen LogP contribution is 2.31. The Balaban J connectivity index is 3.31. The second-order valence-electron chi connectivity index (χ2n) is 3.52. The highest BCUT2D eigenvalue weighted by molar-refractivity contribution is 6.44. The summed E-state index contributed by atoms with van der Waals surface area (Å²) in [6, 6.07) is 5.41. The summed E-state index contributed by atoms with van der Waals surface area (Å²) in [5.41, 5.74) is -0.631. The van der Waals surface area contributed by atoms with Gasteiger partial charge in [-0.1, -0.05) is 23.2 Å². The normalized spacial score (nSPS) is 9.40. The van der Waals surface area contributed by atoms with Crippen molar-refractivity contribution >= 4 is 34.8 Å².